The molecule has 1 unspecified atom stereocenters. The summed E-state index contributed by atoms with van der Waals surface area (Å²) in [4.78, 5) is 58.2. The first kappa shape index (κ1) is 34.7. The topological polar surface area (TPSA) is 194 Å². The number of primary amides is 1. The summed E-state index contributed by atoms with van der Waals surface area (Å²) in [5.74, 6) is -10.1. The molecule has 1 aromatic carbocycles. The number of phenols is 1. The number of aliphatic hydroxyl groups is 3. The minimum atomic E-state index is -5.24. The number of aliphatic hydroxyl groups excluding tert-OH is 2. The molecule has 2 heterocycles. The van der Waals surface area contributed by atoms with Crippen molar-refractivity contribution >= 4 is 23.4 Å². The Bertz CT molecular complexity index is 1680. The van der Waals surface area contributed by atoms with E-state index in [0.717, 1.165) is 32.0 Å². The molecule has 13 nitrogen and oxygen atoms in total. The van der Waals surface area contributed by atoms with Crippen LogP contribution in [0, 0.1) is 11.8 Å². The number of likely N-dealkylation sites (tertiary alicyclic amines) is 2. The Labute approximate surface area is 279 Å². The molecule has 2 aliphatic heterocycles. The third-order valence-corrected chi connectivity index (χ3v) is 10.7. The van der Waals surface area contributed by atoms with Gasteiger partial charge in [0.25, 0.3) is 5.91 Å². The van der Waals surface area contributed by atoms with Crippen molar-refractivity contribution in [3.8, 4) is 11.5 Å². The smallest absolute Gasteiger partial charge is 0.510 e. The van der Waals surface area contributed by atoms with Crippen molar-refractivity contribution in [2.24, 2.45) is 17.6 Å². The molecule has 49 heavy (non-hydrogen) atoms. The van der Waals surface area contributed by atoms with Gasteiger partial charge >= 0.3 is 6.36 Å². The van der Waals surface area contributed by atoms with Crippen molar-refractivity contribution in [3.05, 3.63) is 45.4 Å². The van der Waals surface area contributed by atoms with Crippen molar-refractivity contribution in [2.75, 3.05) is 40.3 Å². The van der Waals surface area contributed by atoms with Gasteiger partial charge in [0.2, 0.25) is 11.7 Å². The highest BCUT2D eigenvalue weighted by atomic mass is 19.4. The third kappa shape index (κ3) is 5.62. The number of alkyl halides is 3. The molecule has 6 N–H and O–H groups in total. The zero-order valence-corrected chi connectivity index (χ0v) is 27.0. The van der Waals surface area contributed by atoms with Gasteiger partial charge in [0, 0.05) is 29.2 Å². The fourth-order valence-electron chi connectivity index (χ4n) is 8.59. The van der Waals surface area contributed by atoms with Crippen LogP contribution in [-0.4, -0.2) is 117 Å². The fraction of sp³-hybridized carbons (Fsp3) is 0.576. The van der Waals surface area contributed by atoms with Crippen LogP contribution >= 0.6 is 0 Å². The molecule has 266 valence electrons. The molecule has 0 aromatic heterocycles. The first-order chi connectivity index (χ1) is 23.0. The van der Waals surface area contributed by atoms with E-state index in [9.17, 15) is 52.8 Å². The number of benzene rings is 1. The van der Waals surface area contributed by atoms with E-state index in [-0.39, 0.29) is 43.0 Å². The summed E-state index contributed by atoms with van der Waals surface area (Å²) in [7, 11) is 2.93. The molecule has 16 heteroatoms. The van der Waals surface area contributed by atoms with Gasteiger partial charge in [0.1, 0.15) is 28.6 Å². The highest BCUT2D eigenvalue weighted by molar-refractivity contribution is 6.24. The predicted molar refractivity (Wildman–Crippen MR) is 164 cm³/mol. The summed E-state index contributed by atoms with van der Waals surface area (Å²) in [6.07, 6.45) is -2.61. The van der Waals surface area contributed by atoms with Crippen molar-refractivity contribution in [2.45, 2.75) is 69.0 Å². The van der Waals surface area contributed by atoms with Crippen molar-refractivity contribution in [3.63, 3.8) is 0 Å². The van der Waals surface area contributed by atoms with Gasteiger partial charge in [0.05, 0.1) is 24.2 Å². The quantitative estimate of drug-likeness (QED) is 0.274. The second-order valence-electron chi connectivity index (χ2n) is 13.8. The average molecular weight is 693 g/mol. The van der Waals surface area contributed by atoms with Crippen LogP contribution in [0.1, 0.15) is 66.1 Å². The molecule has 6 rings (SSSR count). The van der Waals surface area contributed by atoms with E-state index in [4.69, 9.17) is 5.73 Å². The molecule has 1 aromatic rings. The number of carbonyl (C=O) groups is 4. The van der Waals surface area contributed by atoms with E-state index in [1.165, 1.54) is 23.9 Å². The zero-order valence-electron chi connectivity index (χ0n) is 27.0. The highest BCUT2D eigenvalue weighted by Crippen LogP contribution is 2.55. The van der Waals surface area contributed by atoms with Crippen LogP contribution in [0.5, 0.6) is 11.5 Å². The Balaban J connectivity index is 1.49. The summed E-state index contributed by atoms with van der Waals surface area (Å²) in [6.45, 7) is 1.82. The standard InChI is InChI=1S/C33H39F3N4O9/c1-38(2)25-18-12-15-11-17-23(26(43)22(15)29(45)32(18,48)30(46)24(27(25)44)31(37)47)20(41)13-16(28(17)49-33(34,35)36)19-7-3-4-10-40(19)21(42)14-39-8-5-6-9-39/h13,15,18-19,25,41,44-45,48H,3-12,14H2,1-2H3,(H2,37,47)/t15-,18-,19?,25-,32-/m0/s1. The van der Waals surface area contributed by atoms with E-state index < -0.39 is 99.5 Å². The van der Waals surface area contributed by atoms with Gasteiger partial charge in [-0.05, 0) is 84.1 Å². The number of phenolic OH excluding ortho intramolecular Hbond substituents is 1. The summed E-state index contributed by atoms with van der Waals surface area (Å²) >= 11 is 0. The van der Waals surface area contributed by atoms with Crippen LogP contribution in [-0.2, 0) is 20.8 Å². The monoisotopic (exact) mass is 692 g/mol. The van der Waals surface area contributed by atoms with E-state index >= 15 is 0 Å². The Kier molecular flexibility index (Phi) is 8.72. The van der Waals surface area contributed by atoms with E-state index in [2.05, 4.69) is 4.74 Å². The number of aromatic hydroxyl groups is 1. The number of rotatable bonds is 6. The summed E-state index contributed by atoms with van der Waals surface area (Å²) in [5, 5.41) is 45.6. The number of hydrogen-bond acceptors (Lipinski definition) is 11. The highest BCUT2D eigenvalue weighted by Gasteiger charge is 2.63. The van der Waals surface area contributed by atoms with E-state index in [1.807, 2.05) is 4.90 Å². The lowest BCUT2D eigenvalue weighted by Crippen LogP contribution is -2.63. The van der Waals surface area contributed by atoms with Gasteiger partial charge < -0.3 is 35.8 Å². The zero-order chi connectivity index (χ0) is 35.7. The molecule has 2 saturated heterocycles. The van der Waals surface area contributed by atoms with Crippen molar-refractivity contribution in [1.82, 2.24) is 14.7 Å². The van der Waals surface area contributed by atoms with Gasteiger partial charge in [-0.2, -0.15) is 0 Å². The van der Waals surface area contributed by atoms with Gasteiger partial charge in [-0.15, -0.1) is 13.2 Å². The minimum Gasteiger partial charge on any atom is -0.510 e. The number of ether oxygens (including phenoxy) is 1. The average Bonchev–Trinajstić information content (AvgIpc) is 3.52. The Morgan fingerprint density at radius 2 is 1.73 bits per heavy atom. The molecular formula is C33H39F3N4O9. The van der Waals surface area contributed by atoms with Crippen LogP contribution in [0.2, 0.25) is 0 Å². The second kappa shape index (κ2) is 12.3. The summed E-state index contributed by atoms with van der Waals surface area (Å²) in [5.41, 5.74) is -0.0716. The van der Waals surface area contributed by atoms with Gasteiger partial charge in [-0.1, -0.05) is 0 Å². The summed E-state index contributed by atoms with van der Waals surface area (Å²) < 4.78 is 47.0. The second-order valence-corrected chi connectivity index (χ2v) is 13.8. The number of halogens is 3. The van der Waals surface area contributed by atoms with Crippen LogP contribution in [0.25, 0.3) is 0 Å². The first-order valence-corrected chi connectivity index (χ1v) is 16.3. The van der Waals surface area contributed by atoms with Crippen LogP contribution < -0.4 is 10.5 Å². The number of amides is 2. The number of Topliss-reactive ketones (excluding diaryl/α,β-unsaturated/α-hetero) is 2. The van der Waals surface area contributed by atoms with Crippen LogP contribution in [0.4, 0.5) is 13.2 Å². The maximum Gasteiger partial charge on any atom is 0.573 e. The molecule has 5 aliphatic rings. The first-order valence-electron chi connectivity index (χ1n) is 16.3. The van der Waals surface area contributed by atoms with Crippen LogP contribution in [0.15, 0.2) is 28.7 Å². The van der Waals surface area contributed by atoms with Crippen LogP contribution in [0.3, 0.4) is 0 Å². The Morgan fingerprint density at radius 3 is 2.35 bits per heavy atom. The van der Waals surface area contributed by atoms with Crippen molar-refractivity contribution in [1.29, 1.82) is 0 Å². The SMILES string of the molecule is CN(C)[C@@H]1C(O)=C(C(N)=O)C(=O)[C@@]2(O)C(O)=C3C(=O)c4c(O)cc(C5CCCCN5C(=O)CN5CCCC5)c(OC(F)(F)F)c4C[C@H]3C[C@@H]12. The number of nitrogens with two attached hydrogens (primary N) is 1. The Hall–Kier alpha value is -4.15. The van der Waals surface area contributed by atoms with Gasteiger partial charge in [-0.3, -0.25) is 29.0 Å². The number of fused-ring (bicyclic) bond motifs is 3. The molecule has 0 saturated carbocycles. The summed E-state index contributed by atoms with van der Waals surface area (Å²) in [6, 6.07) is -1.20. The largest absolute Gasteiger partial charge is 0.573 e. The van der Waals surface area contributed by atoms with E-state index in [0.29, 0.717) is 12.8 Å². The number of likely N-dealkylation sites (N-methyl/N-ethyl adjacent to an activating group) is 1. The van der Waals surface area contributed by atoms with E-state index in [1.54, 1.807) is 0 Å². The molecular weight excluding hydrogens is 653 g/mol. The number of ketones is 2. The molecule has 5 atom stereocenters. The molecule has 2 fully saturated rings. The number of nitrogens with zero attached hydrogens (tertiary/aromatic N) is 3. The fourth-order valence-corrected chi connectivity index (χ4v) is 8.59. The van der Waals surface area contributed by atoms with Gasteiger partial charge in [0.15, 0.2) is 11.4 Å². The number of hydrogen-bond donors (Lipinski definition) is 5. The normalized spacial score (nSPS) is 29.2. The van der Waals surface area contributed by atoms with Crippen molar-refractivity contribution < 1.29 is 57.5 Å². The lowest BCUT2D eigenvalue weighted by atomic mass is 9.58. The molecule has 0 radical (unpaired) electrons. The minimum absolute atomic E-state index is 0.0890. The molecule has 2 amide bonds. The molecule has 0 bridgehead atoms. The maximum absolute atomic E-state index is 14.1. The Morgan fingerprint density at radius 1 is 1.08 bits per heavy atom. The molecule has 0 spiro atoms. The third-order valence-electron chi connectivity index (χ3n) is 10.7. The number of allylic oxidation sites excluding steroid dienone is 1. The molecule has 3 aliphatic carbocycles. The lowest BCUT2D eigenvalue weighted by Gasteiger charge is -2.50. The number of piperidine rings is 1. The lowest BCUT2D eigenvalue weighted by molar-refractivity contribution is -0.275. The number of carbonyl (C=O) groups excluding carboxylic acids is 4. The van der Waals surface area contributed by atoms with Gasteiger partial charge in [-0.25, -0.2) is 0 Å². The predicted octanol–water partition coefficient (Wildman–Crippen LogP) is 2.17. The maximum atomic E-state index is 14.1.